The summed E-state index contributed by atoms with van der Waals surface area (Å²) in [5.41, 5.74) is 0.584. The predicted octanol–water partition coefficient (Wildman–Crippen LogP) is 1.75. The number of nitriles is 1. The lowest BCUT2D eigenvalue weighted by molar-refractivity contribution is 0.552. The van der Waals surface area contributed by atoms with Crippen LogP contribution in [0.15, 0.2) is 28.7 Å². The van der Waals surface area contributed by atoms with Gasteiger partial charge in [0.1, 0.15) is 5.82 Å². The van der Waals surface area contributed by atoms with Gasteiger partial charge in [-0.1, -0.05) is 5.10 Å². The second kappa shape index (κ2) is 3.26. The molecular weight excluding hydrogens is 185 g/mol. The maximum Gasteiger partial charge on any atom is 0.321 e. The topological polar surface area (TPSA) is 62.7 Å². The minimum absolute atomic E-state index is 0.107. The van der Waals surface area contributed by atoms with Crippen molar-refractivity contribution in [2.45, 2.75) is 0 Å². The van der Waals surface area contributed by atoms with Gasteiger partial charge in [0.2, 0.25) is 5.89 Å². The second-order valence-electron chi connectivity index (χ2n) is 2.53. The molecule has 0 saturated heterocycles. The van der Waals surface area contributed by atoms with E-state index < -0.39 is 0 Å². The third-order valence-electron chi connectivity index (χ3n) is 1.61. The molecule has 0 aliphatic rings. The molecule has 0 atom stereocenters. The Morgan fingerprint density at radius 2 is 1.93 bits per heavy atom. The molecule has 0 unspecified atom stereocenters. The van der Waals surface area contributed by atoms with Crippen molar-refractivity contribution < 1.29 is 8.81 Å². The summed E-state index contributed by atoms with van der Waals surface area (Å²) in [6, 6.07) is 7.29. The molecule has 1 aromatic carbocycles. The van der Waals surface area contributed by atoms with Gasteiger partial charge in [-0.15, -0.1) is 5.10 Å². The first-order valence-electron chi connectivity index (χ1n) is 3.79. The van der Waals surface area contributed by atoms with Gasteiger partial charge >= 0.3 is 5.89 Å². The fourth-order valence-electron chi connectivity index (χ4n) is 0.978. The number of aromatic nitrogens is 2. The maximum atomic E-state index is 12.6. The highest BCUT2D eigenvalue weighted by Gasteiger charge is 2.06. The third-order valence-corrected chi connectivity index (χ3v) is 1.61. The van der Waals surface area contributed by atoms with Crippen LogP contribution in [0, 0.1) is 17.1 Å². The number of hydrogen-bond acceptors (Lipinski definition) is 4. The van der Waals surface area contributed by atoms with Crippen LogP contribution in [0.25, 0.3) is 11.5 Å². The van der Waals surface area contributed by atoms with E-state index in [0.717, 1.165) is 0 Å². The predicted molar refractivity (Wildman–Crippen MR) is 44.4 cm³/mol. The van der Waals surface area contributed by atoms with Gasteiger partial charge in [-0.05, 0) is 24.3 Å². The molecule has 2 aromatic rings. The Bertz CT molecular complexity index is 484. The van der Waals surface area contributed by atoms with Crippen molar-refractivity contribution in [3.05, 3.63) is 36.0 Å². The molecule has 0 radical (unpaired) electrons. The highest BCUT2D eigenvalue weighted by Crippen LogP contribution is 2.17. The van der Waals surface area contributed by atoms with Crippen LogP contribution in [-0.4, -0.2) is 10.2 Å². The minimum atomic E-state index is -0.339. The van der Waals surface area contributed by atoms with Crippen molar-refractivity contribution in [1.82, 2.24) is 10.2 Å². The van der Waals surface area contributed by atoms with Crippen LogP contribution in [0.1, 0.15) is 5.89 Å². The van der Waals surface area contributed by atoms with Gasteiger partial charge in [0, 0.05) is 5.56 Å². The van der Waals surface area contributed by atoms with E-state index in [2.05, 4.69) is 10.2 Å². The molecule has 0 saturated carbocycles. The van der Waals surface area contributed by atoms with Crippen molar-refractivity contribution in [1.29, 1.82) is 5.26 Å². The van der Waals surface area contributed by atoms with E-state index in [1.54, 1.807) is 6.07 Å². The van der Waals surface area contributed by atoms with Gasteiger partial charge in [0.05, 0.1) is 0 Å². The Morgan fingerprint density at radius 1 is 1.21 bits per heavy atom. The van der Waals surface area contributed by atoms with Gasteiger partial charge in [0.25, 0.3) is 0 Å². The summed E-state index contributed by atoms with van der Waals surface area (Å²) in [7, 11) is 0. The Balaban J connectivity index is 2.40. The van der Waals surface area contributed by atoms with E-state index in [-0.39, 0.29) is 17.6 Å². The summed E-state index contributed by atoms with van der Waals surface area (Å²) in [4.78, 5) is 0. The van der Waals surface area contributed by atoms with Gasteiger partial charge in [-0.3, -0.25) is 0 Å². The Labute approximate surface area is 78.6 Å². The fraction of sp³-hybridized carbons (Fsp3) is 0. The van der Waals surface area contributed by atoms with E-state index in [1.165, 1.54) is 24.3 Å². The van der Waals surface area contributed by atoms with E-state index in [0.29, 0.717) is 5.56 Å². The lowest BCUT2D eigenvalue weighted by Gasteiger charge is -1.92. The van der Waals surface area contributed by atoms with Crippen molar-refractivity contribution in [2.24, 2.45) is 0 Å². The van der Waals surface area contributed by atoms with Crippen molar-refractivity contribution in [3.63, 3.8) is 0 Å². The molecule has 1 heterocycles. The average molecular weight is 189 g/mol. The highest BCUT2D eigenvalue weighted by molar-refractivity contribution is 5.52. The molecule has 68 valence electrons. The van der Waals surface area contributed by atoms with Gasteiger partial charge in [-0.2, -0.15) is 5.26 Å². The lowest BCUT2D eigenvalue weighted by atomic mass is 10.2. The summed E-state index contributed by atoms with van der Waals surface area (Å²) in [6.07, 6.45) is 0. The van der Waals surface area contributed by atoms with Gasteiger partial charge < -0.3 is 4.42 Å². The van der Waals surface area contributed by atoms with Gasteiger partial charge in [-0.25, -0.2) is 4.39 Å². The minimum Gasteiger partial charge on any atom is -0.408 e. The Hall–Kier alpha value is -2.22. The molecule has 0 aliphatic heterocycles. The summed E-state index contributed by atoms with van der Waals surface area (Å²) in [6.45, 7) is 0. The number of hydrogen-bond donors (Lipinski definition) is 0. The molecule has 4 nitrogen and oxygen atoms in total. The molecule has 14 heavy (non-hydrogen) atoms. The monoisotopic (exact) mass is 189 g/mol. The first-order chi connectivity index (χ1) is 6.79. The summed E-state index contributed by atoms with van der Waals surface area (Å²) < 4.78 is 17.5. The molecule has 0 fully saturated rings. The third kappa shape index (κ3) is 1.45. The number of benzene rings is 1. The Kier molecular flexibility index (Phi) is 1.95. The molecule has 0 bridgehead atoms. The fourth-order valence-corrected chi connectivity index (χ4v) is 0.978. The van der Waals surface area contributed by atoms with E-state index in [9.17, 15) is 4.39 Å². The smallest absolute Gasteiger partial charge is 0.321 e. The van der Waals surface area contributed by atoms with E-state index >= 15 is 0 Å². The summed E-state index contributed by atoms with van der Waals surface area (Å²) in [5.74, 6) is -0.236. The van der Waals surface area contributed by atoms with Crippen LogP contribution in [0.3, 0.4) is 0 Å². The van der Waals surface area contributed by atoms with Crippen LogP contribution >= 0.6 is 0 Å². The van der Waals surface area contributed by atoms with E-state index in [1.807, 2.05) is 0 Å². The van der Waals surface area contributed by atoms with Crippen LogP contribution in [0.2, 0.25) is 0 Å². The zero-order chi connectivity index (χ0) is 9.97. The van der Waals surface area contributed by atoms with Crippen molar-refractivity contribution in [3.8, 4) is 17.5 Å². The molecule has 0 aliphatic carbocycles. The standard InChI is InChI=1S/C9H4FN3O/c10-7-3-1-6(2-4-7)9-13-12-8(5-11)14-9/h1-4H. The molecular formula is C9H4FN3O. The Morgan fingerprint density at radius 3 is 2.50 bits per heavy atom. The van der Waals surface area contributed by atoms with Crippen molar-refractivity contribution in [2.75, 3.05) is 0 Å². The largest absolute Gasteiger partial charge is 0.408 e. The van der Waals surface area contributed by atoms with Crippen LogP contribution in [-0.2, 0) is 0 Å². The van der Waals surface area contributed by atoms with Crippen LogP contribution < -0.4 is 0 Å². The zero-order valence-electron chi connectivity index (χ0n) is 6.94. The first kappa shape index (κ1) is 8.38. The van der Waals surface area contributed by atoms with Gasteiger partial charge in [0.15, 0.2) is 6.07 Å². The second-order valence-corrected chi connectivity index (χ2v) is 2.53. The molecule has 0 amide bonds. The van der Waals surface area contributed by atoms with E-state index in [4.69, 9.17) is 9.68 Å². The molecule has 1 aromatic heterocycles. The molecule has 5 heteroatoms. The summed E-state index contributed by atoms with van der Waals surface area (Å²) in [5, 5.41) is 15.5. The normalized spacial score (nSPS) is 9.71. The lowest BCUT2D eigenvalue weighted by Crippen LogP contribution is -1.78. The molecule has 0 spiro atoms. The molecule has 2 rings (SSSR count). The van der Waals surface area contributed by atoms with Crippen molar-refractivity contribution >= 4 is 0 Å². The molecule has 0 N–H and O–H groups in total. The SMILES string of the molecule is N#Cc1nnc(-c2ccc(F)cc2)o1. The highest BCUT2D eigenvalue weighted by atomic mass is 19.1. The number of rotatable bonds is 1. The average Bonchev–Trinajstić information content (AvgIpc) is 2.67. The quantitative estimate of drug-likeness (QED) is 0.685. The van der Waals surface area contributed by atoms with Crippen LogP contribution in [0.4, 0.5) is 4.39 Å². The maximum absolute atomic E-state index is 12.6. The number of halogens is 1. The first-order valence-corrected chi connectivity index (χ1v) is 3.79. The number of nitrogens with zero attached hydrogens (tertiary/aromatic N) is 3. The van der Waals surface area contributed by atoms with Crippen LogP contribution in [0.5, 0.6) is 0 Å². The summed E-state index contributed by atoms with van der Waals surface area (Å²) >= 11 is 0. The zero-order valence-corrected chi connectivity index (χ0v) is 6.94.